The molecule has 2 heterocycles. The van der Waals surface area contributed by atoms with Gasteiger partial charge in [0.25, 0.3) is 5.91 Å². The van der Waals surface area contributed by atoms with E-state index in [2.05, 4.69) is 20.9 Å². The third-order valence-electron chi connectivity index (χ3n) is 10.1. The summed E-state index contributed by atoms with van der Waals surface area (Å²) < 4.78 is 37.8. The number of ether oxygens (including phenoxy) is 4. The topological polar surface area (TPSA) is 90.3 Å². The van der Waals surface area contributed by atoms with Crippen molar-refractivity contribution in [2.24, 2.45) is 0 Å². The van der Waals surface area contributed by atoms with Crippen molar-refractivity contribution in [3.8, 4) is 23.0 Å². The maximum Gasteiger partial charge on any atom is 0.253 e. The number of likely N-dealkylation sites (N-methyl/N-ethyl adjacent to an activating group) is 1. The summed E-state index contributed by atoms with van der Waals surface area (Å²) in [4.78, 5) is 22.9. The first kappa shape index (κ1) is 40.0. The smallest absolute Gasteiger partial charge is 0.253 e. The van der Waals surface area contributed by atoms with Gasteiger partial charge in [-0.15, -0.1) is 0 Å². The van der Waals surface area contributed by atoms with Crippen LogP contribution in [0.3, 0.4) is 0 Å². The molecule has 0 spiro atoms. The van der Waals surface area contributed by atoms with Crippen LogP contribution in [0.15, 0.2) is 78.9 Å². The van der Waals surface area contributed by atoms with Crippen molar-refractivity contribution in [1.29, 1.82) is 0 Å². The van der Waals surface area contributed by atoms with Gasteiger partial charge in [0.15, 0.2) is 11.5 Å². The SMILES string of the molecule is COc1cc(C(=O)N(C)CC(CCN2CCC(Nc3nc4ccccc4n3CCCOc3ccc(F)cc3)CC2)c2ccc(Cl)c(Cl)c2)cc(OC)c1OC. The van der Waals surface area contributed by atoms with Gasteiger partial charge in [-0.3, -0.25) is 4.79 Å². The molecule has 1 fully saturated rings. The predicted octanol–water partition coefficient (Wildman–Crippen LogP) is 8.80. The van der Waals surface area contributed by atoms with Crippen LogP contribution in [0.25, 0.3) is 11.0 Å². The number of piperidine rings is 1. The maximum absolute atomic E-state index is 13.8. The zero-order valence-corrected chi connectivity index (χ0v) is 33.2. The maximum atomic E-state index is 13.8. The van der Waals surface area contributed by atoms with Crippen LogP contribution in [0.1, 0.15) is 47.5 Å². The summed E-state index contributed by atoms with van der Waals surface area (Å²) in [5.74, 6) is 2.35. The molecule has 55 heavy (non-hydrogen) atoms. The van der Waals surface area contributed by atoms with Gasteiger partial charge in [-0.05, 0) is 98.5 Å². The van der Waals surface area contributed by atoms with Gasteiger partial charge in [-0.1, -0.05) is 41.4 Å². The second-order valence-corrected chi connectivity index (χ2v) is 14.6. The molecule has 0 saturated carbocycles. The van der Waals surface area contributed by atoms with E-state index in [9.17, 15) is 9.18 Å². The molecule has 1 N–H and O–H groups in total. The molecule has 1 atom stereocenters. The Labute approximate surface area is 332 Å². The highest BCUT2D eigenvalue weighted by atomic mass is 35.5. The molecule has 1 unspecified atom stereocenters. The van der Waals surface area contributed by atoms with Gasteiger partial charge in [0, 0.05) is 50.7 Å². The van der Waals surface area contributed by atoms with Gasteiger partial charge in [0.2, 0.25) is 11.7 Å². The molecule has 5 aromatic rings. The number of methoxy groups -OCH3 is 3. The minimum Gasteiger partial charge on any atom is -0.494 e. The van der Waals surface area contributed by atoms with Crippen molar-refractivity contribution in [2.75, 3.05) is 66.5 Å². The second-order valence-electron chi connectivity index (χ2n) is 13.8. The normalized spacial score (nSPS) is 14.1. The van der Waals surface area contributed by atoms with Crippen LogP contribution in [0.4, 0.5) is 10.3 Å². The van der Waals surface area contributed by atoms with E-state index in [0.29, 0.717) is 51.8 Å². The Bertz CT molecular complexity index is 2030. The summed E-state index contributed by atoms with van der Waals surface area (Å²) >= 11 is 12.8. The van der Waals surface area contributed by atoms with E-state index in [4.69, 9.17) is 47.1 Å². The van der Waals surface area contributed by atoms with Crippen molar-refractivity contribution < 1.29 is 28.1 Å². The average Bonchev–Trinajstić information content (AvgIpc) is 3.55. The van der Waals surface area contributed by atoms with E-state index in [-0.39, 0.29) is 23.7 Å². The number of imidazole rings is 1. The minimum absolute atomic E-state index is 0.00791. The van der Waals surface area contributed by atoms with E-state index >= 15 is 0 Å². The minimum atomic E-state index is -0.280. The lowest BCUT2D eigenvalue weighted by molar-refractivity contribution is 0.0781. The summed E-state index contributed by atoms with van der Waals surface area (Å²) in [5, 5.41) is 4.73. The summed E-state index contributed by atoms with van der Waals surface area (Å²) in [6.07, 6.45) is 3.52. The highest BCUT2D eigenvalue weighted by Gasteiger charge is 2.26. The first-order chi connectivity index (χ1) is 26.7. The summed E-state index contributed by atoms with van der Waals surface area (Å²) in [6.45, 7) is 4.42. The van der Waals surface area contributed by atoms with Crippen LogP contribution in [0.2, 0.25) is 10.0 Å². The first-order valence-corrected chi connectivity index (χ1v) is 19.3. The molecule has 13 heteroatoms. The number of aromatic nitrogens is 2. The number of benzene rings is 4. The molecule has 10 nitrogen and oxygen atoms in total. The molecule has 0 bridgehead atoms. The van der Waals surface area contributed by atoms with Crippen LogP contribution < -0.4 is 24.3 Å². The van der Waals surface area contributed by atoms with Gasteiger partial charge < -0.3 is 38.6 Å². The molecular weight excluding hydrogens is 744 g/mol. The Morgan fingerprint density at radius 1 is 0.927 bits per heavy atom. The molecule has 4 aromatic carbocycles. The number of carbonyl (C=O) groups is 1. The van der Waals surface area contributed by atoms with Crippen molar-refractivity contribution in [1.82, 2.24) is 19.4 Å². The van der Waals surface area contributed by atoms with Crippen LogP contribution in [0, 0.1) is 5.82 Å². The molecule has 1 saturated heterocycles. The summed E-state index contributed by atoms with van der Waals surface area (Å²) in [6, 6.07) is 23.6. The van der Waals surface area contributed by atoms with Crippen molar-refractivity contribution in [3.63, 3.8) is 0 Å². The first-order valence-electron chi connectivity index (χ1n) is 18.5. The average molecular weight is 793 g/mol. The highest BCUT2D eigenvalue weighted by molar-refractivity contribution is 6.42. The third-order valence-corrected chi connectivity index (χ3v) is 10.9. The lowest BCUT2D eigenvalue weighted by Gasteiger charge is -2.34. The number of carbonyl (C=O) groups excluding carboxylic acids is 1. The zero-order chi connectivity index (χ0) is 38.9. The van der Waals surface area contributed by atoms with Crippen LogP contribution in [-0.2, 0) is 6.54 Å². The third kappa shape index (κ3) is 9.94. The van der Waals surface area contributed by atoms with Crippen LogP contribution >= 0.6 is 23.2 Å². The Kier molecular flexibility index (Phi) is 13.6. The number of hydrogen-bond acceptors (Lipinski definition) is 8. The molecule has 1 aromatic heterocycles. The zero-order valence-electron chi connectivity index (χ0n) is 31.7. The number of para-hydroxylation sites is 2. The number of hydrogen-bond donors (Lipinski definition) is 1. The predicted molar refractivity (Wildman–Crippen MR) is 216 cm³/mol. The van der Waals surface area contributed by atoms with E-state index in [1.165, 1.54) is 33.5 Å². The van der Waals surface area contributed by atoms with Crippen LogP contribution in [0.5, 0.6) is 23.0 Å². The Morgan fingerprint density at radius 3 is 2.31 bits per heavy atom. The number of amides is 1. The number of halogens is 3. The molecule has 0 aliphatic carbocycles. The number of nitrogens with one attached hydrogen (secondary N) is 1. The Morgan fingerprint density at radius 2 is 1.64 bits per heavy atom. The second kappa shape index (κ2) is 18.8. The quantitative estimate of drug-likeness (QED) is 0.0936. The number of nitrogens with zero attached hydrogens (tertiary/aromatic N) is 4. The fourth-order valence-electron chi connectivity index (χ4n) is 7.15. The van der Waals surface area contributed by atoms with E-state index in [0.717, 1.165) is 74.4 Å². The largest absolute Gasteiger partial charge is 0.494 e. The molecule has 0 radical (unpaired) electrons. The fraction of sp³-hybridized carbons (Fsp3) is 0.381. The number of likely N-dealkylation sites (tertiary alicyclic amines) is 1. The van der Waals surface area contributed by atoms with E-state index in [1.807, 2.05) is 36.4 Å². The molecule has 292 valence electrons. The molecule has 6 rings (SSSR count). The lowest BCUT2D eigenvalue weighted by Crippen LogP contribution is -2.40. The number of aryl methyl sites for hydroxylation is 1. The highest BCUT2D eigenvalue weighted by Crippen LogP contribution is 2.39. The standard InChI is InChI=1S/C42H48Cl2FN5O5/c1-48(41(51)30-25-38(52-2)40(54-4)39(26-30)53-3)27-29(28-10-15-34(43)35(44)24-28)16-20-49-21-17-32(18-22-49)46-42-47-36-8-5-6-9-37(36)50(42)19-7-23-55-33-13-11-31(45)12-14-33/h5-6,8-15,24-26,29,32H,7,16-23,27H2,1-4H3,(H,46,47). The monoisotopic (exact) mass is 791 g/mol. The van der Waals surface area contributed by atoms with E-state index < -0.39 is 0 Å². The van der Waals surface area contributed by atoms with Gasteiger partial charge in [-0.2, -0.15) is 0 Å². The van der Waals surface area contributed by atoms with Gasteiger partial charge in [-0.25, -0.2) is 9.37 Å². The number of fused-ring (bicyclic) bond motifs is 1. The van der Waals surface area contributed by atoms with E-state index in [1.54, 1.807) is 36.2 Å². The van der Waals surface area contributed by atoms with Gasteiger partial charge in [0.05, 0.1) is 49.0 Å². The Hall–Kier alpha value is -4.71. The van der Waals surface area contributed by atoms with Gasteiger partial charge >= 0.3 is 0 Å². The summed E-state index contributed by atoms with van der Waals surface area (Å²) in [7, 11) is 6.40. The van der Waals surface area contributed by atoms with Crippen molar-refractivity contribution in [3.05, 3.63) is 106 Å². The molecule has 1 amide bonds. The number of anilines is 1. The number of rotatable bonds is 17. The molecular formula is C42H48Cl2FN5O5. The van der Waals surface area contributed by atoms with Crippen molar-refractivity contribution in [2.45, 2.75) is 44.2 Å². The van der Waals surface area contributed by atoms with Crippen molar-refractivity contribution >= 4 is 46.1 Å². The fourth-order valence-corrected chi connectivity index (χ4v) is 7.45. The molecule has 1 aliphatic heterocycles. The molecule has 1 aliphatic rings. The lowest BCUT2D eigenvalue weighted by atomic mass is 9.94. The van der Waals surface area contributed by atoms with Gasteiger partial charge in [0.1, 0.15) is 11.6 Å². The summed E-state index contributed by atoms with van der Waals surface area (Å²) in [5.41, 5.74) is 3.49. The Balaban J connectivity index is 1.07. The van der Waals surface area contributed by atoms with Crippen LogP contribution in [-0.4, -0.2) is 92.5 Å².